The van der Waals surface area contributed by atoms with Crippen molar-refractivity contribution in [1.29, 1.82) is 0 Å². The molecule has 0 saturated carbocycles. The highest BCUT2D eigenvalue weighted by molar-refractivity contribution is 5.93. The second-order valence-electron chi connectivity index (χ2n) is 7.94. The molecule has 31 heavy (non-hydrogen) atoms. The average molecular weight is 416 g/mol. The van der Waals surface area contributed by atoms with Crippen molar-refractivity contribution in [2.75, 3.05) is 7.11 Å². The van der Waals surface area contributed by atoms with E-state index >= 15 is 0 Å². The Labute approximate surface area is 181 Å². The quantitative estimate of drug-likeness (QED) is 0.404. The highest BCUT2D eigenvalue weighted by atomic mass is 19.1. The lowest BCUT2D eigenvalue weighted by molar-refractivity contribution is 0.415. The summed E-state index contributed by atoms with van der Waals surface area (Å²) in [4.78, 5) is 17.5. The van der Waals surface area contributed by atoms with Crippen LogP contribution in [0.25, 0.3) is 22.2 Å². The minimum atomic E-state index is -0.505. The number of methoxy groups -OCH3 is 1. The molecule has 4 nitrogen and oxygen atoms in total. The van der Waals surface area contributed by atoms with Crippen LogP contribution in [0.2, 0.25) is 0 Å². The van der Waals surface area contributed by atoms with Crippen molar-refractivity contribution in [3.05, 3.63) is 93.9 Å². The predicted octanol–water partition coefficient (Wildman–Crippen LogP) is 5.71. The van der Waals surface area contributed by atoms with E-state index < -0.39 is 6.67 Å². The van der Waals surface area contributed by atoms with Gasteiger partial charge >= 0.3 is 5.69 Å². The van der Waals surface area contributed by atoms with Crippen LogP contribution in [0.1, 0.15) is 36.5 Å². The summed E-state index contributed by atoms with van der Waals surface area (Å²) in [5, 5.41) is 0.844. The number of halogens is 1. The maximum absolute atomic E-state index is 13.0. The molecule has 0 spiro atoms. The number of aromatic nitrogens is 2. The summed E-state index contributed by atoms with van der Waals surface area (Å²) in [7, 11) is 1.62. The molecule has 3 aromatic carbocycles. The summed E-state index contributed by atoms with van der Waals surface area (Å²) < 4.78 is 19.9. The minimum absolute atomic E-state index is 0.324. The molecule has 0 radical (unpaired) electrons. The number of hydrogen-bond acceptors (Lipinski definition) is 3. The molecular weight excluding hydrogens is 391 g/mol. The van der Waals surface area contributed by atoms with E-state index in [0.717, 1.165) is 22.0 Å². The van der Waals surface area contributed by atoms with Crippen LogP contribution in [-0.2, 0) is 13.2 Å². The van der Waals surface area contributed by atoms with Crippen molar-refractivity contribution in [1.82, 2.24) is 9.55 Å². The first-order chi connectivity index (χ1) is 15.0. The molecule has 0 N–H and O–H groups in total. The summed E-state index contributed by atoms with van der Waals surface area (Å²) in [5.41, 5.74) is 4.73. The van der Waals surface area contributed by atoms with E-state index in [4.69, 9.17) is 4.74 Å². The monoisotopic (exact) mass is 416 g/mol. The van der Waals surface area contributed by atoms with Gasteiger partial charge in [0.05, 0.1) is 24.9 Å². The van der Waals surface area contributed by atoms with Gasteiger partial charge in [-0.1, -0.05) is 62.4 Å². The van der Waals surface area contributed by atoms with Crippen molar-refractivity contribution >= 4 is 10.9 Å². The Hall–Kier alpha value is -3.47. The molecule has 0 bridgehead atoms. The van der Waals surface area contributed by atoms with E-state index in [2.05, 4.69) is 31.0 Å². The molecule has 1 aromatic heterocycles. The van der Waals surface area contributed by atoms with Crippen LogP contribution in [0.5, 0.6) is 5.75 Å². The number of fused-ring (bicyclic) bond motifs is 1. The third kappa shape index (κ3) is 4.22. The van der Waals surface area contributed by atoms with E-state index in [1.54, 1.807) is 23.8 Å². The second-order valence-corrected chi connectivity index (χ2v) is 7.94. The fourth-order valence-electron chi connectivity index (χ4n) is 3.70. The normalized spacial score (nSPS) is 11.3. The van der Waals surface area contributed by atoms with Crippen molar-refractivity contribution in [2.24, 2.45) is 0 Å². The van der Waals surface area contributed by atoms with Gasteiger partial charge in [0.2, 0.25) is 0 Å². The van der Waals surface area contributed by atoms with Gasteiger partial charge in [0, 0.05) is 10.9 Å². The van der Waals surface area contributed by atoms with Crippen LogP contribution >= 0.6 is 0 Å². The molecule has 0 aliphatic rings. The summed E-state index contributed by atoms with van der Waals surface area (Å²) >= 11 is 0. The largest absolute Gasteiger partial charge is 0.497 e. The Kier molecular flexibility index (Phi) is 5.85. The summed E-state index contributed by atoms with van der Waals surface area (Å²) in [6, 6.07) is 21.0. The van der Waals surface area contributed by atoms with Crippen molar-refractivity contribution in [3.63, 3.8) is 0 Å². The first kappa shape index (κ1) is 20.8. The minimum Gasteiger partial charge on any atom is -0.497 e. The zero-order valence-electron chi connectivity index (χ0n) is 17.9. The molecule has 0 aliphatic carbocycles. The van der Waals surface area contributed by atoms with Crippen LogP contribution in [0.4, 0.5) is 4.39 Å². The molecule has 0 atom stereocenters. The van der Waals surface area contributed by atoms with Gasteiger partial charge in [0.15, 0.2) is 0 Å². The maximum Gasteiger partial charge on any atom is 0.348 e. The van der Waals surface area contributed by atoms with Crippen LogP contribution in [0.15, 0.2) is 71.5 Å². The van der Waals surface area contributed by atoms with Gasteiger partial charge in [-0.05, 0) is 40.8 Å². The van der Waals surface area contributed by atoms with E-state index in [1.807, 2.05) is 42.5 Å². The zero-order valence-corrected chi connectivity index (χ0v) is 17.9. The fraction of sp³-hybridized carbons (Fsp3) is 0.231. The van der Waals surface area contributed by atoms with Crippen molar-refractivity contribution < 1.29 is 9.13 Å². The Morgan fingerprint density at radius 2 is 1.65 bits per heavy atom. The fourth-order valence-corrected chi connectivity index (χ4v) is 3.70. The zero-order chi connectivity index (χ0) is 22.0. The molecule has 0 aliphatic heterocycles. The number of alkyl halides is 1. The van der Waals surface area contributed by atoms with Gasteiger partial charge in [0.1, 0.15) is 12.4 Å². The summed E-state index contributed by atoms with van der Waals surface area (Å²) in [6.45, 7) is 4.15. The molecular formula is C26H25FN2O2. The highest BCUT2D eigenvalue weighted by Gasteiger charge is 2.14. The lowest BCUT2D eigenvalue weighted by atomic mass is 9.99. The van der Waals surface area contributed by atoms with Crippen molar-refractivity contribution in [2.45, 2.75) is 33.0 Å². The van der Waals surface area contributed by atoms with Crippen LogP contribution in [0, 0.1) is 0 Å². The molecule has 5 heteroatoms. The Balaban J connectivity index is 1.86. The van der Waals surface area contributed by atoms with Gasteiger partial charge in [0.25, 0.3) is 0 Å². The van der Waals surface area contributed by atoms with E-state index in [9.17, 15) is 9.18 Å². The van der Waals surface area contributed by atoms with Gasteiger partial charge < -0.3 is 4.74 Å². The number of ether oxygens (including phenoxy) is 1. The van der Waals surface area contributed by atoms with Crippen LogP contribution < -0.4 is 10.4 Å². The SMILES string of the molecule is COc1ccc2c(c1)c(-c1ccc(C(C)C)cc1)nc(=O)n2Cc1ccc(CF)cc1. The second kappa shape index (κ2) is 8.72. The van der Waals surface area contributed by atoms with Gasteiger partial charge in [-0.15, -0.1) is 0 Å². The predicted molar refractivity (Wildman–Crippen MR) is 122 cm³/mol. The topological polar surface area (TPSA) is 44.1 Å². The standard InChI is InChI=1S/C26H25FN2O2/c1-17(2)20-8-10-21(11-9-20)25-23-14-22(31-3)12-13-24(23)29(26(30)28-25)16-19-6-4-18(15-27)5-7-19/h4-14,17H,15-16H2,1-3H3. The summed E-state index contributed by atoms with van der Waals surface area (Å²) in [5.74, 6) is 1.13. The third-order valence-corrected chi connectivity index (χ3v) is 5.56. The smallest absolute Gasteiger partial charge is 0.348 e. The Bertz CT molecular complexity index is 1260. The van der Waals surface area contributed by atoms with E-state index in [0.29, 0.717) is 29.5 Å². The Morgan fingerprint density at radius 3 is 2.26 bits per heavy atom. The number of hydrogen-bond donors (Lipinski definition) is 0. The molecule has 4 rings (SSSR count). The van der Waals surface area contributed by atoms with Gasteiger partial charge in [-0.25, -0.2) is 9.18 Å². The molecule has 4 aromatic rings. The third-order valence-electron chi connectivity index (χ3n) is 5.56. The van der Waals surface area contributed by atoms with E-state index in [1.165, 1.54) is 5.56 Å². The summed E-state index contributed by atoms with van der Waals surface area (Å²) in [6.07, 6.45) is 0. The lowest BCUT2D eigenvalue weighted by Gasteiger charge is -2.15. The number of rotatable bonds is 6. The maximum atomic E-state index is 13.0. The molecule has 0 fully saturated rings. The highest BCUT2D eigenvalue weighted by Crippen LogP contribution is 2.30. The average Bonchev–Trinajstić information content (AvgIpc) is 2.80. The lowest BCUT2D eigenvalue weighted by Crippen LogP contribution is -2.24. The number of nitrogens with zero attached hydrogens (tertiary/aromatic N) is 2. The van der Waals surface area contributed by atoms with Crippen LogP contribution in [0.3, 0.4) is 0 Å². The Morgan fingerprint density at radius 1 is 0.968 bits per heavy atom. The van der Waals surface area contributed by atoms with Gasteiger partial charge in [-0.3, -0.25) is 4.57 Å². The first-order valence-corrected chi connectivity index (χ1v) is 10.3. The molecule has 158 valence electrons. The van der Waals surface area contributed by atoms with Crippen molar-refractivity contribution in [3.8, 4) is 17.0 Å². The number of benzene rings is 3. The molecule has 0 amide bonds. The first-order valence-electron chi connectivity index (χ1n) is 10.3. The van der Waals surface area contributed by atoms with Crippen LogP contribution in [-0.4, -0.2) is 16.7 Å². The van der Waals surface area contributed by atoms with E-state index in [-0.39, 0.29) is 5.69 Å². The molecule has 0 unspecified atom stereocenters. The van der Waals surface area contributed by atoms with Gasteiger partial charge in [-0.2, -0.15) is 4.98 Å². The molecule has 0 saturated heterocycles. The molecule has 1 heterocycles.